The molecule has 1 saturated carbocycles. The molecule has 2 atom stereocenters. The van der Waals surface area contributed by atoms with Crippen LogP contribution in [0.3, 0.4) is 0 Å². The van der Waals surface area contributed by atoms with Gasteiger partial charge in [0.15, 0.2) is 0 Å². The maximum Gasteiger partial charge on any atom is 0.126 e. The molecule has 0 saturated heterocycles. The highest BCUT2D eigenvalue weighted by molar-refractivity contribution is 5.74. The quantitative estimate of drug-likeness (QED) is 0.752. The van der Waals surface area contributed by atoms with Crippen LogP contribution in [0.5, 0.6) is 0 Å². The van der Waals surface area contributed by atoms with Crippen molar-refractivity contribution in [2.45, 2.75) is 11.5 Å². The van der Waals surface area contributed by atoms with Gasteiger partial charge < -0.3 is 10.6 Å². The van der Waals surface area contributed by atoms with Gasteiger partial charge in [-0.3, -0.25) is 0 Å². The number of likely N-dealkylation sites (N-methyl/N-ethyl adjacent to an activating group) is 1. The van der Waals surface area contributed by atoms with Gasteiger partial charge in [0, 0.05) is 12.1 Å². The molecule has 3 nitrogen and oxygen atoms in total. The summed E-state index contributed by atoms with van der Waals surface area (Å²) in [5.41, 5.74) is 7.49. The van der Waals surface area contributed by atoms with E-state index in [1.807, 2.05) is 50.4 Å². The Kier molecular flexibility index (Phi) is 2.68. The summed E-state index contributed by atoms with van der Waals surface area (Å²) in [6, 6.07) is 9.77. The van der Waals surface area contributed by atoms with E-state index in [1.165, 1.54) is 0 Å². The van der Waals surface area contributed by atoms with E-state index >= 15 is 0 Å². The molecule has 0 spiro atoms. The van der Waals surface area contributed by atoms with Gasteiger partial charge in [-0.05, 0) is 19.7 Å². The van der Waals surface area contributed by atoms with E-state index in [0.717, 1.165) is 12.1 Å². The van der Waals surface area contributed by atoms with Gasteiger partial charge in [-0.1, -0.05) is 30.3 Å². The van der Waals surface area contributed by atoms with Gasteiger partial charge in [-0.2, -0.15) is 0 Å². The van der Waals surface area contributed by atoms with Crippen LogP contribution < -0.4 is 5.73 Å². The predicted octanol–water partition coefficient (Wildman–Crippen LogP) is 0.585. The van der Waals surface area contributed by atoms with Crippen LogP contribution >= 0.6 is 0 Å². The summed E-state index contributed by atoms with van der Waals surface area (Å²) in [6.45, 7) is 0.753. The number of hydrogen-bond acceptors (Lipinski definition) is 3. The predicted molar refractivity (Wildman–Crippen MR) is 63.9 cm³/mol. The summed E-state index contributed by atoms with van der Waals surface area (Å²) >= 11 is 0. The molecule has 3 heteroatoms. The Morgan fingerprint density at radius 1 is 1.38 bits per heavy atom. The van der Waals surface area contributed by atoms with Gasteiger partial charge in [0.2, 0.25) is 0 Å². The van der Waals surface area contributed by atoms with Gasteiger partial charge >= 0.3 is 0 Å². The third kappa shape index (κ3) is 1.50. The lowest BCUT2D eigenvalue weighted by molar-refractivity contribution is 0.364. The van der Waals surface area contributed by atoms with Crippen LogP contribution in [-0.2, 0) is 10.2 Å². The first-order chi connectivity index (χ1) is 7.63. The van der Waals surface area contributed by atoms with Crippen molar-refractivity contribution in [2.24, 2.45) is 5.73 Å². The molecule has 16 heavy (non-hydrogen) atoms. The van der Waals surface area contributed by atoms with Crippen molar-refractivity contribution in [3.05, 3.63) is 41.5 Å². The molecule has 2 unspecified atom stereocenters. The third-order valence-corrected chi connectivity index (χ3v) is 3.20. The zero-order chi connectivity index (χ0) is 11.8. The lowest BCUT2D eigenvalue weighted by Gasteiger charge is -2.20. The van der Waals surface area contributed by atoms with Crippen LogP contribution in [0.2, 0.25) is 0 Å². The second-order valence-electron chi connectivity index (χ2n) is 4.57. The monoisotopic (exact) mass is 216 g/mol. The molecule has 0 heterocycles. The molecule has 0 radical (unpaired) electrons. The first-order valence-electron chi connectivity index (χ1n) is 5.34. The summed E-state index contributed by atoms with van der Waals surface area (Å²) in [5, 5.41) is 0. The van der Waals surface area contributed by atoms with Crippen molar-refractivity contribution >= 4 is 5.94 Å². The molecule has 2 rings (SSSR count). The molecular weight excluding hydrogens is 200 g/mol. The van der Waals surface area contributed by atoms with Crippen molar-refractivity contribution in [3.8, 4) is 0 Å². The van der Waals surface area contributed by atoms with Crippen molar-refractivity contribution in [1.82, 2.24) is 4.90 Å². The molecular formula is C13H16N2O. The van der Waals surface area contributed by atoms with Crippen LogP contribution in [0, 0.1) is 0 Å². The fraction of sp³-hybridized carbons (Fsp3) is 0.385. The van der Waals surface area contributed by atoms with E-state index in [1.54, 1.807) is 0 Å². The SMILES string of the molecule is CN(C)CC1(c2ccccc2)C(=C=O)C1N. The molecule has 0 bridgehead atoms. The molecule has 2 N–H and O–H groups in total. The zero-order valence-electron chi connectivity index (χ0n) is 9.60. The Hall–Kier alpha value is -1.41. The number of rotatable bonds is 3. The first-order valence-corrected chi connectivity index (χ1v) is 5.34. The lowest BCUT2D eigenvalue weighted by atomic mass is 9.94. The highest BCUT2D eigenvalue weighted by Crippen LogP contribution is 2.51. The minimum atomic E-state index is -0.313. The molecule has 0 aliphatic heterocycles. The molecule has 1 fully saturated rings. The lowest BCUT2D eigenvalue weighted by Crippen LogP contribution is -2.31. The number of benzene rings is 1. The molecule has 1 aliphatic carbocycles. The topological polar surface area (TPSA) is 46.3 Å². The Morgan fingerprint density at radius 2 is 2.00 bits per heavy atom. The van der Waals surface area contributed by atoms with E-state index in [9.17, 15) is 4.79 Å². The fourth-order valence-electron chi connectivity index (χ4n) is 2.40. The summed E-state index contributed by atoms with van der Waals surface area (Å²) in [4.78, 5) is 12.9. The fourth-order valence-corrected chi connectivity index (χ4v) is 2.40. The van der Waals surface area contributed by atoms with Gasteiger partial charge in [0.25, 0.3) is 0 Å². The van der Waals surface area contributed by atoms with Gasteiger partial charge in [-0.25, -0.2) is 4.79 Å². The minimum Gasteiger partial charge on any atom is -0.323 e. The smallest absolute Gasteiger partial charge is 0.126 e. The maximum atomic E-state index is 10.9. The number of hydrogen-bond donors (Lipinski definition) is 1. The Bertz CT molecular complexity index is 435. The number of nitrogens with two attached hydrogens (primary N) is 1. The average Bonchev–Trinajstić information content (AvgIpc) is 2.84. The van der Waals surface area contributed by atoms with Crippen molar-refractivity contribution in [2.75, 3.05) is 20.6 Å². The van der Waals surface area contributed by atoms with E-state index in [-0.39, 0.29) is 11.5 Å². The molecule has 84 valence electrons. The Morgan fingerprint density at radius 3 is 2.44 bits per heavy atom. The zero-order valence-corrected chi connectivity index (χ0v) is 9.60. The molecule has 1 aliphatic rings. The summed E-state index contributed by atoms with van der Waals surface area (Å²) in [6.07, 6.45) is 0. The first kappa shape index (κ1) is 11.1. The second kappa shape index (κ2) is 3.87. The average molecular weight is 216 g/mol. The number of carbonyl (C=O) groups excluding carboxylic acids is 1. The molecule has 1 aromatic rings. The summed E-state index contributed by atoms with van der Waals surface area (Å²) in [7, 11) is 3.97. The molecule has 0 aromatic heterocycles. The van der Waals surface area contributed by atoms with E-state index in [0.29, 0.717) is 5.57 Å². The second-order valence-corrected chi connectivity index (χ2v) is 4.57. The standard InChI is InChI=1S/C13H16N2O/c1-15(2)9-13(11(8-16)12(13)14)10-6-4-3-5-7-10/h3-7,12H,9,14H2,1-2H3. The highest BCUT2D eigenvalue weighted by Gasteiger charge is 2.60. The normalized spacial score (nSPS) is 28.0. The minimum absolute atomic E-state index is 0.185. The highest BCUT2D eigenvalue weighted by atomic mass is 16.1. The van der Waals surface area contributed by atoms with Crippen LogP contribution in [-0.4, -0.2) is 37.5 Å². The van der Waals surface area contributed by atoms with Crippen molar-refractivity contribution < 1.29 is 4.79 Å². The van der Waals surface area contributed by atoms with Crippen LogP contribution in [0.15, 0.2) is 35.9 Å². The van der Waals surface area contributed by atoms with Gasteiger partial charge in [0.05, 0.1) is 11.5 Å². The van der Waals surface area contributed by atoms with E-state index in [4.69, 9.17) is 5.73 Å². The Balaban J connectivity index is 2.43. The van der Waals surface area contributed by atoms with E-state index < -0.39 is 0 Å². The van der Waals surface area contributed by atoms with Crippen LogP contribution in [0.1, 0.15) is 5.56 Å². The maximum absolute atomic E-state index is 10.9. The summed E-state index contributed by atoms with van der Waals surface area (Å²) in [5.74, 6) is 2.00. The largest absolute Gasteiger partial charge is 0.323 e. The summed E-state index contributed by atoms with van der Waals surface area (Å²) < 4.78 is 0. The molecule has 1 aromatic carbocycles. The van der Waals surface area contributed by atoms with E-state index in [2.05, 4.69) is 4.90 Å². The van der Waals surface area contributed by atoms with Crippen LogP contribution in [0.25, 0.3) is 0 Å². The third-order valence-electron chi connectivity index (χ3n) is 3.20. The van der Waals surface area contributed by atoms with Gasteiger partial charge in [-0.15, -0.1) is 0 Å². The van der Waals surface area contributed by atoms with Crippen molar-refractivity contribution in [1.29, 1.82) is 0 Å². The molecule has 0 amide bonds. The Labute approximate surface area is 95.6 Å². The van der Waals surface area contributed by atoms with Crippen LogP contribution in [0.4, 0.5) is 0 Å². The van der Waals surface area contributed by atoms with Crippen molar-refractivity contribution in [3.63, 3.8) is 0 Å². The van der Waals surface area contributed by atoms with Gasteiger partial charge in [0.1, 0.15) is 5.94 Å². The number of nitrogens with zero attached hydrogens (tertiary/aromatic N) is 1.